The Labute approximate surface area is 77.0 Å². The fourth-order valence-electron chi connectivity index (χ4n) is 0.841. The van der Waals surface area contributed by atoms with Crippen LogP contribution in [0.2, 0.25) is 0 Å². The fourth-order valence-corrected chi connectivity index (χ4v) is 0.841. The molecule has 0 rings (SSSR count). The second kappa shape index (κ2) is 6.02. The summed E-state index contributed by atoms with van der Waals surface area (Å²) < 4.78 is 35.0. The van der Waals surface area contributed by atoms with E-state index >= 15 is 0 Å². The summed E-state index contributed by atoms with van der Waals surface area (Å²) in [7, 11) is 0. The molecule has 0 unspecified atom stereocenters. The van der Waals surface area contributed by atoms with Gasteiger partial charge in [-0.2, -0.15) is 13.2 Å². The second-order valence-corrected chi connectivity index (χ2v) is 3.18. The van der Waals surface area contributed by atoms with Gasteiger partial charge < -0.3 is 5.32 Å². The van der Waals surface area contributed by atoms with Crippen LogP contribution in [0.1, 0.15) is 26.2 Å². The van der Waals surface area contributed by atoms with Gasteiger partial charge in [-0.3, -0.25) is 0 Å². The minimum atomic E-state index is -4.02. The zero-order valence-electron chi connectivity index (χ0n) is 7.88. The third-order valence-corrected chi connectivity index (χ3v) is 1.54. The molecule has 0 saturated heterocycles. The van der Waals surface area contributed by atoms with E-state index in [2.05, 4.69) is 11.9 Å². The van der Waals surface area contributed by atoms with Gasteiger partial charge in [0.25, 0.3) is 0 Å². The Kier molecular flexibility index (Phi) is 5.79. The molecule has 0 bridgehead atoms. The quantitative estimate of drug-likeness (QED) is 0.507. The van der Waals surface area contributed by atoms with Crippen LogP contribution >= 0.6 is 0 Å². The number of nitrogens with one attached hydrogen (secondary N) is 1. The van der Waals surface area contributed by atoms with Gasteiger partial charge in [-0.1, -0.05) is 5.57 Å². The molecule has 1 nitrogen and oxygen atoms in total. The molecule has 0 aromatic carbocycles. The molecule has 0 aromatic rings. The largest absolute Gasteiger partial charge is 0.389 e. The summed E-state index contributed by atoms with van der Waals surface area (Å²) in [6, 6.07) is 0. The highest BCUT2D eigenvalue weighted by atomic mass is 19.4. The van der Waals surface area contributed by atoms with E-state index in [1.165, 1.54) is 0 Å². The molecular weight excluding hydrogens is 179 g/mol. The minimum absolute atomic E-state index is 0.152. The molecule has 0 aliphatic rings. The molecule has 0 heterocycles. The molecule has 0 saturated carbocycles. The van der Waals surface area contributed by atoms with Crippen molar-refractivity contribution in [1.82, 2.24) is 5.32 Å². The Morgan fingerprint density at radius 1 is 1.31 bits per heavy atom. The standard InChI is InChI=1S/C9H16F3N/c1-8(2)4-7-13-6-3-5-9(10,11)12/h13H,1,3-7H2,2H3. The molecule has 13 heavy (non-hydrogen) atoms. The summed E-state index contributed by atoms with van der Waals surface area (Å²) in [5.74, 6) is 0. The van der Waals surface area contributed by atoms with Crippen molar-refractivity contribution < 1.29 is 13.2 Å². The normalized spacial score (nSPS) is 11.7. The molecule has 0 amide bonds. The van der Waals surface area contributed by atoms with Crippen LogP contribution in [-0.4, -0.2) is 19.3 Å². The van der Waals surface area contributed by atoms with E-state index in [-0.39, 0.29) is 6.42 Å². The number of rotatable bonds is 6. The Morgan fingerprint density at radius 2 is 1.92 bits per heavy atom. The molecule has 0 radical (unpaired) electrons. The van der Waals surface area contributed by atoms with Crippen LogP contribution in [0.4, 0.5) is 13.2 Å². The highest BCUT2D eigenvalue weighted by Gasteiger charge is 2.25. The maximum Gasteiger partial charge on any atom is 0.389 e. The van der Waals surface area contributed by atoms with E-state index in [9.17, 15) is 13.2 Å². The van der Waals surface area contributed by atoms with E-state index in [1.54, 1.807) is 0 Å². The Bertz CT molecular complexity index is 151. The maximum atomic E-state index is 11.7. The number of alkyl halides is 3. The lowest BCUT2D eigenvalue weighted by atomic mass is 10.2. The van der Waals surface area contributed by atoms with Crippen LogP contribution in [0.3, 0.4) is 0 Å². The molecule has 1 N–H and O–H groups in total. The molecule has 0 fully saturated rings. The van der Waals surface area contributed by atoms with E-state index in [4.69, 9.17) is 0 Å². The highest BCUT2D eigenvalue weighted by Crippen LogP contribution is 2.20. The molecule has 0 aliphatic heterocycles. The van der Waals surface area contributed by atoms with Crippen molar-refractivity contribution >= 4 is 0 Å². The number of hydrogen-bond acceptors (Lipinski definition) is 1. The lowest BCUT2D eigenvalue weighted by Crippen LogP contribution is -2.19. The van der Waals surface area contributed by atoms with Crippen LogP contribution in [-0.2, 0) is 0 Å². The first-order chi connectivity index (χ1) is 5.92. The van der Waals surface area contributed by atoms with Gasteiger partial charge in [0.2, 0.25) is 0 Å². The Hall–Kier alpha value is -0.510. The summed E-state index contributed by atoms with van der Waals surface area (Å²) >= 11 is 0. The second-order valence-electron chi connectivity index (χ2n) is 3.18. The molecule has 0 spiro atoms. The SMILES string of the molecule is C=C(C)CCNCCCC(F)(F)F. The van der Waals surface area contributed by atoms with E-state index in [0.717, 1.165) is 12.0 Å². The Balaban J connectivity index is 3.13. The van der Waals surface area contributed by atoms with Crippen molar-refractivity contribution in [2.24, 2.45) is 0 Å². The molecule has 0 atom stereocenters. The average Bonchev–Trinajstić information content (AvgIpc) is 1.93. The zero-order chi connectivity index (χ0) is 10.3. The summed E-state index contributed by atoms with van der Waals surface area (Å²) in [6.45, 7) is 6.73. The predicted octanol–water partition coefficient (Wildman–Crippen LogP) is 2.88. The highest BCUT2D eigenvalue weighted by molar-refractivity contribution is 4.88. The van der Waals surface area contributed by atoms with Gasteiger partial charge in [-0.05, 0) is 32.9 Å². The van der Waals surface area contributed by atoms with Crippen LogP contribution in [0.15, 0.2) is 12.2 Å². The first kappa shape index (κ1) is 12.5. The van der Waals surface area contributed by atoms with Crippen molar-refractivity contribution in [1.29, 1.82) is 0 Å². The smallest absolute Gasteiger partial charge is 0.316 e. The van der Waals surface area contributed by atoms with Crippen LogP contribution in [0.25, 0.3) is 0 Å². The van der Waals surface area contributed by atoms with Gasteiger partial charge in [-0.15, -0.1) is 6.58 Å². The average molecular weight is 195 g/mol. The van der Waals surface area contributed by atoms with Gasteiger partial charge in [0.15, 0.2) is 0 Å². The lowest BCUT2D eigenvalue weighted by Gasteiger charge is -2.06. The summed E-state index contributed by atoms with van der Waals surface area (Å²) in [6.07, 6.45) is -3.74. The minimum Gasteiger partial charge on any atom is -0.316 e. The van der Waals surface area contributed by atoms with Gasteiger partial charge >= 0.3 is 6.18 Å². The first-order valence-corrected chi connectivity index (χ1v) is 4.33. The van der Waals surface area contributed by atoms with Crippen LogP contribution < -0.4 is 5.32 Å². The van der Waals surface area contributed by atoms with Gasteiger partial charge in [0, 0.05) is 6.42 Å². The molecule has 78 valence electrons. The topological polar surface area (TPSA) is 12.0 Å². The predicted molar refractivity (Wildman–Crippen MR) is 47.6 cm³/mol. The van der Waals surface area contributed by atoms with Gasteiger partial charge in [0.1, 0.15) is 0 Å². The molecule has 0 aliphatic carbocycles. The summed E-state index contributed by atoms with van der Waals surface area (Å²) in [5.41, 5.74) is 1.04. The van der Waals surface area contributed by atoms with Gasteiger partial charge in [0.05, 0.1) is 0 Å². The Morgan fingerprint density at radius 3 is 2.38 bits per heavy atom. The summed E-state index contributed by atoms with van der Waals surface area (Å²) in [5, 5.41) is 2.93. The molecule has 0 aromatic heterocycles. The fraction of sp³-hybridized carbons (Fsp3) is 0.778. The maximum absolute atomic E-state index is 11.7. The van der Waals surface area contributed by atoms with Crippen molar-refractivity contribution in [2.75, 3.05) is 13.1 Å². The van der Waals surface area contributed by atoms with E-state index < -0.39 is 12.6 Å². The van der Waals surface area contributed by atoms with Crippen LogP contribution in [0, 0.1) is 0 Å². The third kappa shape index (κ3) is 11.5. The monoisotopic (exact) mass is 195 g/mol. The van der Waals surface area contributed by atoms with E-state index in [0.29, 0.717) is 13.1 Å². The molecular formula is C9H16F3N. The van der Waals surface area contributed by atoms with Crippen LogP contribution in [0.5, 0.6) is 0 Å². The third-order valence-electron chi connectivity index (χ3n) is 1.54. The zero-order valence-corrected chi connectivity index (χ0v) is 7.88. The van der Waals surface area contributed by atoms with Crippen molar-refractivity contribution in [3.8, 4) is 0 Å². The van der Waals surface area contributed by atoms with Gasteiger partial charge in [-0.25, -0.2) is 0 Å². The molecule has 4 heteroatoms. The van der Waals surface area contributed by atoms with Crippen molar-refractivity contribution in [3.05, 3.63) is 12.2 Å². The summed E-state index contributed by atoms with van der Waals surface area (Å²) in [4.78, 5) is 0. The van der Waals surface area contributed by atoms with E-state index in [1.807, 2.05) is 6.92 Å². The lowest BCUT2D eigenvalue weighted by molar-refractivity contribution is -0.135. The first-order valence-electron chi connectivity index (χ1n) is 4.33. The van der Waals surface area contributed by atoms with Crippen molar-refractivity contribution in [2.45, 2.75) is 32.4 Å². The van der Waals surface area contributed by atoms with Crippen molar-refractivity contribution in [3.63, 3.8) is 0 Å². The number of hydrogen-bond donors (Lipinski definition) is 1. The number of halogens is 3.